The van der Waals surface area contributed by atoms with Gasteiger partial charge in [-0.3, -0.25) is 0 Å². The van der Waals surface area contributed by atoms with Crippen molar-refractivity contribution in [1.82, 2.24) is 9.97 Å². The first-order valence-corrected chi connectivity index (χ1v) is 3.19. The van der Waals surface area contributed by atoms with E-state index >= 15 is 0 Å². The first-order valence-electron chi connectivity index (χ1n) is 2.40. The number of halogens is 1. The normalized spacial score (nSPS) is 9.56. The van der Waals surface area contributed by atoms with Gasteiger partial charge < -0.3 is 5.11 Å². The molecule has 1 aromatic rings. The summed E-state index contributed by atoms with van der Waals surface area (Å²) in [5.41, 5.74) is 0.616. The van der Waals surface area contributed by atoms with Gasteiger partial charge in [-0.25, -0.2) is 9.97 Å². The molecule has 3 nitrogen and oxygen atoms in total. The van der Waals surface area contributed by atoms with Crippen molar-refractivity contribution < 1.29 is 5.11 Å². The molecule has 1 rings (SSSR count). The summed E-state index contributed by atoms with van der Waals surface area (Å²) in [7, 11) is 0. The highest BCUT2D eigenvalue weighted by Crippen LogP contribution is 2.10. The van der Waals surface area contributed by atoms with Crippen LogP contribution in [0, 0.1) is 0 Å². The summed E-state index contributed by atoms with van der Waals surface area (Å²) in [5.74, 6) is 0. The molecule has 1 aromatic heterocycles. The molecule has 0 atom stereocenters. The molecule has 1 heterocycles. The van der Waals surface area contributed by atoms with Gasteiger partial charge in [0.05, 0.1) is 16.8 Å². The third-order valence-electron chi connectivity index (χ3n) is 0.894. The van der Waals surface area contributed by atoms with Gasteiger partial charge in [0, 0.05) is 6.20 Å². The van der Waals surface area contributed by atoms with Crippen molar-refractivity contribution >= 4 is 15.9 Å². The summed E-state index contributed by atoms with van der Waals surface area (Å²) in [4.78, 5) is 7.51. The average molecular weight is 189 g/mol. The summed E-state index contributed by atoms with van der Waals surface area (Å²) in [6.07, 6.45) is 2.99. The van der Waals surface area contributed by atoms with Gasteiger partial charge in [0.1, 0.15) is 6.33 Å². The minimum atomic E-state index is -0.0525. The number of aliphatic hydroxyl groups is 1. The van der Waals surface area contributed by atoms with Crippen molar-refractivity contribution in [2.75, 3.05) is 0 Å². The van der Waals surface area contributed by atoms with Crippen molar-refractivity contribution in [1.29, 1.82) is 0 Å². The smallest absolute Gasteiger partial charge is 0.115 e. The second-order valence-corrected chi connectivity index (χ2v) is 2.33. The molecule has 0 saturated carbocycles. The second-order valence-electron chi connectivity index (χ2n) is 1.48. The molecule has 9 heavy (non-hydrogen) atoms. The summed E-state index contributed by atoms with van der Waals surface area (Å²) < 4.78 is 0.743. The van der Waals surface area contributed by atoms with E-state index in [0.717, 1.165) is 4.47 Å². The quantitative estimate of drug-likeness (QED) is 0.708. The van der Waals surface area contributed by atoms with Crippen LogP contribution in [-0.2, 0) is 6.61 Å². The van der Waals surface area contributed by atoms with Crippen LogP contribution in [0.25, 0.3) is 0 Å². The van der Waals surface area contributed by atoms with Crippen molar-refractivity contribution in [3.8, 4) is 0 Å². The van der Waals surface area contributed by atoms with E-state index in [9.17, 15) is 0 Å². The number of hydrogen-bond acceptors (Lipinski definition) is 3. The Bertz CT molecular complexity index is 204. The zero-order chi connectivity index (χ0) is 6.69. The van der Waals surface area contributed by atoms with E-state index in [2.05, 4.69) is 25.9 Å². The lowest BCUT2D eigenvalue weighted by Gasteiger charge is -1.94. The fraction of sp³-hybridized carbons (Fsp3) is 0.200. The lowest BCUT2D eigenvalue weighted by molar-refractivity contribution is 0.275. The molecular weight excluding hydrogens is 184 g/mol. The van der Waals surface area contributed by atoms with Gasteiger partial charge in [0.2, 0.25) is 0 Å². The van der Waals surface area contributed by atoms with Crippen LogP contribution in [-0.4, -0.2) is 15.1 Å². The van der Waals surface area contributed by atoms with Crippen molar-refractivity contribution in [3.05, 3.63) is 22.7 Å². The largest absolute Gasteiger partial charge is 0.390 e. The molecule has 0 fully saturated rings. The molecule has 0 aliphatic carbocycles. The summed E-state index contributed by atoms with van der Waals surface area (Å²) in [5, 5.41) is 8.60. The highest BCUT2D eigenvalue weighted by Gasteiger charge is 1.95. The molecule has 48 valence electrons. The van der Waals surface area contributed by atoms with E-state index in [-0.39, 0.29) is 6.61 Å². The topological polar surface area (TPSA) is 46.0 Å². The Hall–Kier alpha value is -0.480. The van der Waals surface area contributed by atoms with Crippen LogP contribution in [0.3, 0.4) is 0 Å². The first-order chi connectivity index (χ1) is 4.34. The Morgan fingerprint density at radius 2 is 2.44 bits per heavy atom. The number of hydrogen-bond donors (Lipinski definition) is 1. The summed E-state index contributed by atoms with van der Waals surface area (Å²) in [6.45, 7) is -0.0525. The second kappa shape index (κ2) is 2.89. The van der Waals surface area contributed by atoms with E-state index < -0.39 is 0 Å². The molecule has 4 heteroatoms. The van der Waals surface area contributed by atoms with Gasteiger partial charge in [-0.05, 0) is 15.9 Å². The van der Waals surface area contributed by atoms with E-state index in [4.69, 9.17) is 5.11 Å². The lowest BCUT2D eigenvalue weighted by Crippen LogP contribution is -1.90. The highest BCUT2D eigenvalue weighted by atomic mass is 79.9. The standard InChI is InChI=1S/C5H5BrN2O/c6-4-1-7-3-8-5(4)2-9/h1,3,9H,2H2. The fourth-order valence-corrected chi connectivity index (χ4v) is 0.800. The van der Waals surface area contributed by atoms with E-state index in [1.54, 1.807) is 6.20 Å². The average Bonchev–Trinajstić information content (AvgIpc) is 1.89. The molecule has 0 amide bonds. The van der Waals surface area contributed by atoms with E-state index in [0.29, 0.717) is 5.69 Å². The first kappa shape index (κ1) is 6.64. The molecule has 0 spiro atoms. The zero-order valence-electron chi connectivity index (χ0n) is 4.58. The van der Waals surface area contributed by atoms with Crippen LogP contribution >= 0.6 is 15.9 Å². The third-order valence-corrected chi connectivity index (χ3v) is 1.56. The molecule has 0 aliphatic rings. The monoisotopic (exact) mass is 188 g/mol. The Balaban J connectivity index is 3.01. The Kier molecular flexibility index (Phi) is 2.13. The van der Waals surface area contributed by atoms with Crippen LogP contribution in [0.5, 0.6) is 0 Å². The van der Waals surface area contributed by atoms with Crippen LogP contribution in [0.4, 0.5) is 0 Å². The molecule has 0 aliphatic heterocycles. The Labute approximate surface area is 60.9 Å². The van der Waals surface area contributed by atoms with Crippen molar-refractivity contribution in [2.45, 2.75) is 6.61 Å². The minimum absolute atomic E-state index is 0.0525. The van der Waals surface area contributed by atoms with Crippen LogP contribution in [0.2, 0.25) is 0 Å². The summed E-state index contributed by atoms with van der Waals surface area (Å²) in [6, 6.07) is 0. The van der Waals surface area contributed by atoms with E-state index in [1.165, 1.54) is 6.33 Å². The number of nitrogens with zero attached hydrogens (tertiary/aromatic N) is 2. The molecule has 0 saturated heterocycles. The third kappa shape index (κ3) is 1.46. The van der Waals surface area contributed by atoms with Crippen LogP contribution in [0.15, 0.2) is 17.0 Å². The van der Waals surface area contributed by atoms with Gasteiger partial charge in [-0.15, -0.1) is 0 Å². The number of aliphatic hydroxyl groups excluding tert-OH is 1. The Morgan fingerprint density at radius 1 is 1.67 bits per heavy atom. The SMILES string of the molecule is OCc1ncncc1Br. The maximum Gasteiger partial charge on any atom is 0.115 e. The lowest BCUT2D eigenvalue weighted by atomic mass is 10.4. The maximum absolute atomic E-state index is 8.60. The maximum atomic E-state index is 8.60. The van der Waals surface area contributed by atoms with Crippen LogP contribution in [0.1, 0.15) is 5.69 Å². The van der Waals surface area contributed by atoms with E-state index in [1.807, 2.05) is 0 Å². The highest BCUT2D eigenvalue weighted by molar-refractivity contribution is 9.10. The predicted molar refractivity (Wildman–Crippen MR) is 35.7 cm³/mol. The van der Waals surface area contributed by atoms with Crippen molar-refractivity contribution in [2.24, 2.45) is 0 Å². The minimum Gasteiger partial charge on any atom is -0.390 e. The summed E-state index contributed by atoms with van der Waals surface area (Å²) >= 11 is 3.17. The van der Waals surface area contributed by atoms with Gasteiger partial charge in [-0.1, -0.05) is 0 Å². The Morgan fingerprint density at radius 3 is 2.89 bits per heavy atom. The molecule has 0 radical (unpaired) electrons. The predicted octanol–water partition coefficient (Wildman–Crippen LogP) is 0.731. The van der Waals surface area contributed by atoms with Gasteiger partial charge in [0.25, 0.3) is 0 Å². The molecule has 0 aromatic carbocycles. The van der Waals surface area contributed by atoms with Crippen molar-refractivity contribution in [3.63, 3.8) is 0 Å². The fourth-order valence-electron chi connectivity index (χ4n) is 0.454. The molecule has 1 N–H and O–H groups in total. The zero-order valence-corrected chi connectivity index (χ0v) is 6.17. The van der Waals surface area contributed by atoms with Gasteiger partial charge in [-0.2, -0.15) is 0 Å². The number of aromatic nitrogens is 2. The molecular formula is C5H5BrN2O. The van der Waals surface area contributed by atoms with Gasteiger partial charge >= 0.3 is 0 Å². The molecule has 0 unspecified atom stereocenters. The number of rotatable bonds is 1. The van der Waals surface area contributed by atoms with Gasteiger partial charge in [0.15, 0.2) is 0 Å². The van der Waals surface area contributed by atoms with Crippen LogP contribution < -0.4 is 0 Å². The molecule has 0 bridgehead atoms.